The molecule has 0 atom stereocenters. The normalized spacial score (nSPS) is 10.8. The van der Waals surface area contributed by atoms with Crippen LogP contribution in [0.2, 0.25) is 0 Å². The summed E-state index contributed by atoms with van der Waals surface area (Å²) in [5, 5.41) is 2.65. The topological polar surface area (TPSA) is 117 Å². The average Bonchev–Trinajstić information content (AvgIpc) is 2.97. The number of nitrogen functional groups attached to an aromatic ring is 1. The van der Waals surface area contributed by atoms with E-state index < -0.39 is 0 Å². The summed E-state index contributed by atoms with van der Waals surface area (Å²) in [5.74, 6) is 0.790. The molecule has 25 heavy (non-hydrogen) atoms. The molecule has 9 nitrogen and oxygen atoms in total. The lowest BCUT2D eigenvalue weighted by molar-refractivity contribution is -0.114. The second-order valence-electron chi connectivity index (χ2n) is 5.28. The summed E-state index contributed by atoms with van der Waals surface area (Å²) in [5.41, 5.74) is 7.91. The molecule has 3 aromatic rings. The van der Waals surface area contributed by atoms with E-state index >= 15 is 0 Å². The Bertz CT molecular complexity index is 908. The molecular weight excluding hydrogens is 324 g/mol. The van der Waals surface area contributed by atoms with Crippen LogP contribution >= 0.6 is 0 Å². The number of nitrogens with two attached hydrogens (primary N) is 1. The van der Waals surface area contributed by atoms with Gasteiger partial charge in [0.1, 0.15) is 12.3 Å². The van der Waals surface area contributed by atoms with Gasteiger partial charge in [-0.25, -0.2) is 15.0 Å². The van der Waals surface area contributed by atoms with Gasteiger partial charge in [0.2, 0.25) is 5.91 Å². The van der Waals surface area contributed by atoms with E-state index in [9.17, 15) is 4.79 Å². The standard InChI is InChI=1S/C16H18N6O3/c1-10(23)19-13-9-22-8-11(3-4-14(22)21-13)12-7-18-15(17)16(20-12)25-6-5-24-2/h3-4,7-9H,5-6H2,1-2H3,(H2,17,18)(H,19,23). The van der Waals surface area contributed by atoms with E-state index in [4.69, 9.17) is 15.2 Å². The van der Waals surface area contributed by atoms with Crippen LogP contribution in [0.4, 0.5) is 11.6 Å². The lowest BCUT2D eigenvalue weighted by Gasteiger charge is -2.08. The third kappa shape index (κ3) is 3.83. The third-order valence-corrected chi connectivity index (χ3v) is 3.34. The van der Waals surface area contributed by atoms with Crippen molar-refractivity contribution in [3.63, 3.8) is 0 Å². The minimum atomic E-state index is -0.175. The second-order valence-corrected chi connectivity index (χ2v) is 5.28. The summed E-state index contributed by atoms with van der Waals surface area (Å²) in [7, 11) is 1.59. The highest BCUT2D eigenvalue weighted by Gasteiger charge is 2.10. The van der Waals surface area contributed by atoms with Gasteiger partial charge in [0.25, 0.3) is 5.88 Å². The monoisotopic (exact) mass is 342 g/mol. The predicted octanol–water partition coefficient (Wildman–Crippen LogP) is 1.36. The first-order chi connectivity index (χ1) is 12.1. The molecule has 3 aromatic heterocycles. The number of amides is 1. The highest BCUT2D eigenvalue weighted by atomic mass is 16.5. The van der Waals surface area contributed by atoms with E-state index in [0.29, 0.717) is 30.4 Å². The van der Waals surface area contributed by atoms with Gasteiger partial charge in [0.05, 0.1) is 24.7 Å². The summed E-state index contributed by atoms with van der Waals surface area (Å²) in [6.07, 6.45) is 5.14. The molecule has 0 aromatic carbocycles. The number of rotatable bonds is 6. The van der Waals surface area contributed by atoms with Crippen LogP contribution in [0.3, 0.4) is 0 Å². The number of carbonyl (C=O) groups excluding carboxylic acids is 1. The van der Waals surface area contributed by atoms with Gasteiger partial charge in [-0.15, -0.1) is 0 Å². The molecule has 0 saturated carbocycles. The Labute approximate surface area is 143 Å². The Morgan fingerprint density at radius 2 is 2.12 bits per heavy atom. The van der Waals surface area contributed by atoms with Crippen molar-refractivity contribution in [2.45, 2.75) is 6.92 Å². The van der Waals surface area contributed by atoms with E-state index in [1.54, 1.807) is 23.9 Å². The number of nitrogens with zero attached hydrogens (tertiary/aromatic N) is 4. The van der Waals surface area contributed by atoms with Crippen LogP contribution in [0.25, 0.3) is 16.9 Å². The van der Waals surface area contributed by atoms with Crippen LogP contribution in [-0.4, -0.2) is 45.6 Å². The molecule has 1 amide bonds. The summed E-state index contributed by atoms with van der Waals surface area (Å²) in [6.45, 7) is 2.20. The number of carbonyl (C=O) groups is 1. The maximum atomic E-state index is 11.1. The van der Waals surface area contributed by atoms with Gasteiger partial charge in [-0.1, -0.05) is 0 Å². The fourth-order valence-electron chi connectivity index (χ4n) is 2.23. The lowest BCUT2D eigenvalue weighted by atomic mass is 10.2. The quantitative estimate of drug-likeness (QED) is 0.649. The molecule has 3 rings (SSSR count). The predicted molar refractivity (Wildman–Crippen MR) is 92.3 cm³/mol. The highest BCUT2D eigenvalue weighted by Crippen LogP contribution is 2.23. The molecule has 3 N–H and O–H groups in total. The van der Waals surface area contributed by atoms with Gasteiger partial charge in [0.15, 0.2) is 11.6 Å². The van der Waals surface area contributed by atoms with Crippen molar-refractivity contribution in [3.05, 3.63) is 30.7 Å². The van der Waals surface area contributed by atoms with Crippen molar-refractivity contribution >= 4 is 23.2 Å². The van der Waals surface area contributed by atoms with Crippen LogP contribution < -0.4 is 15.8 Å². The molecule has 0 spiro atoms. The number of imidazole rings is 1. The second kappa shape index (κ2) is 7.14. The van der Waals surface area contributed by atoms with Crippen LogP contribution in [0.1, 0.15) is 6.92 Å². The zero-order valence-corrected chi connectivity index (χ0v) is 13.9. The van der Waals surface area contributed by atoms with Crippen LogP contribution in [0.5, 0.6) is 5.88 Å². The first-order valence-corrected chi connectivity index (χ1v) is 7.58. The van der Waals surface area contributed by atoms with Gasteiger partial charge in [-0.3, -0.25) is 4.79 Å². The fraction of sp³-hybridized carbons (Fsp3) is 0.250. The number of fused-ring (bicyclic) bond motifs is 1. The van der Waals surface area contributed by atoms with Crippen molar-refractivity contribution in [3.8, 4) is 17.1 Å². The average molecular weight is 342 g/mol. The van der Waals surface area contributed by atoms with Crippen LogP contribution in [-0.2, 0) is 9.53 Å². The number of pyridine rings is 1. The number of methoxy groups -OCH3 is 1. The Morgan fingerprint density at radius 1 is 1.28 bits per heavy atom. The molecule has 9 heteroatoms. The van der Waals surface area contributed by atoms with Gasteiger partial charge >= 0.3 is 0 Å². The van der Waals surface area contributed by atoms with E-state index in [2.05, 4.69) is 20.3 Å². The molecule has 3 heterocycles. The molecule has 0 aliphatic rings. The van der Waals surface area contributed by atoms with Crippen LogP contribution in [0.15, 0.2) is 30.7 Å². The van der Waals surface area contributed by atoms with Gasteiger partial charge < -0.3 is 24.9 Å². The van der Waals surface area contributed by atoms with E-state index in [1.807, 2.05) is 18.3 Å². The van der Waals surface area contributed by atoms with Crippen LogP contribution in [0, 0.1) is 0 Å². The van der Waals surface area contributed by atoms with E-state index in [1.165, 1.54) is 6.92 Å². The minimum absolute atomic E-state index is 0.175. The molecule has 0 unspecified atom stereocenters. The molecule has 0 aliphatic carbocycles. The number of ether oxygens (including phenoxy) is 2. The molecule has 0 fully saturated rings. The highest BCUT2D eigenvalue weighted by molar-refractivity contribution is 5.87. The molecule has 0 bridgehead atoms. The molecule has 130 valence electrons. The first-order valence-electron chi connectivity index (χ1n) is 7.58. The van der Waals surface area contributed by atoms with Crippen molar-refractivity contribution in [2.24, 2.45) is 0 Å². The molecule has 0 radical (unpaired) electrons. The number of hydrogen-bond acceptors (Lipinski definition) is 7. The molecule has 0 saturated heterocycles. The SMILES string of the molecule is COCCOc1nc(-c2ccc3nc(NC(C)=O)cn3c2)cnc1N. The zero-order chi connectivity index (χ0) is 17.8. The number of anilines is 2. The number of hydrogen-bond donors (Lipinski definition) is 2. The van der Waals surface area contributed by atoms with E-state index in [0.717, 1.165) is 5.56 Å². The largest absolute Gasteiger partial charge is 0.473 e. The van der Waals surface area contributed by atoms with Crippen molar-refractivity contribution in [2.75, 3.05) is 31.4 Å². The van der Waals surface area contributed by atoms with Gasteiger partial charge in [-0.05, 0) is 12.1 Å². The summed E-state index contributed by atoms with van der Waals surface area (Å²) in [6, 6.07) is 3.68. The molecular formula is C16H18N6O3. The minimum Gasteiger partial charge on any atom is -0.473 e. The number of aromatic nitrogens is 4. The maximum Gasteiger partial charge on any atom is 0.257 e. The van der Waals surface area contributed by atoms with Crippen molar-refractivity contribution < 1.29 is 14.3 Å². The summed E-state index contributed by atoms with van der Waals surface area (Å²) in [4.78, 5) is 24.0. The Morgan fingerprint density at radius 3 is 2.88 bits per heavy atom. The third-order valence-electron chi connectivity index (χ3n) is 3.34. The summed E-state index contributed by atoms with van der Waals surface area (Å²) < 4.78 is 12.2. The zero-order valence-electron chi connectivity index (χ0n) is 13.9. The summed E-state index contributed by atoms with van der Waals surface area (Å²) >= 11 is 0. The Kier molecular flexibility index (Phi) is 4.75. The van der Waals surface area contributed by atoms with E-state index in [-0.39, 0.29) is 17.6 Å². The fourth-order valence-corrected chi connectivity index (χ4v) is 2.23. The first kappa shape index (κ1) is 16.7. The van der Waals surface area contributed by atoms with Gasteiger partial charge in [-0.2, -0.15) is 0 Å². The van der Waals surface area contributed by atoms with Gasteiger partial charge in [0, 0.05) is 25.8 Å². The van der Waals surface area contributed by atoms with Crippen molar-refractivity contribution in [1.82, 2.24) is 19.4 Å². The lowest BCUT2D eigenvalue weighted by Crippen LogP contribution is -2.08. The Balaban J connectivity index is 1.90. The number of nitrogens with one attached hydrogen (secondary N) is 1. The Hall–Kier alpha value is -3.20. The maximum absolute atomic E-state index is 11.1. The van der Waals surface area contributed by atoms with Crippen molar-refractivity contribution in [1.29, 1.82) is 0 Å². The smallest absolute Gasteiger partial charge is 0.257 e. The molecule has 0 aliphatic heterocycles.